The molecule has 17 heavy (non-hydrogen) atoms. The second-order valence-electron chi connectivity index (χ2n) is 3.69. The van der Waals surface area contributed by atoms with Gasteiger partial charge in [-0.1, -0.05) is 19.1 Å². The van der Waals surface area contributed by atoms with Crippen molar-refractivity contribution in [3.8, 4) is 6.07 Å². The highest BCUT2D eigenvalue weighted by atomic mass is 15.0. The van der Waals surface area contributed by atoms with E-state index in [2.05, 4.69) is 35.4 Å². The molecule has 1 aromatic carbocycles. The van der Waals surface area contributed by atoms with Gasteiger partial charge in [0, 0.05) is 11.9 Å². The molecule has 0 bridgehead atoms. The van der Waals surface area contributed by atoms with Gasteiger partial charge in [-0.15, -0.1) is 0 Å². The molecule has 2 aromatic rings. The molecule has 1 N–H and O–H groups in total. The van der Waals surface area contributed by atoms with Crippen molar-refractivity contribution in [2.24, 2.45) is 0 Å². The molecule has 3 nitrogen and oxygen atoms in total. The van der Waals surface area contributed by atoms with Crippen LogP contribution in [-0.4, -0.2) is 4.98 Å². The Morgan fingerprint density at radius 3 is 2.94 bits per heavy atom. The highest BCUT2D eigenvalue weighted by Crippen LogP contribution is 2.18. The number of anilines is 2. The third-order valence-electron chi connectivity index (χ3n) is 2.53. The van der Waals surface area contributed by atoms with Gasteiger partial charge in [-0.25, -0.2) is 4.98 Å². The minimum atomic E-state index is 0.550. The zero-order valence-corrected chi connectivity index (χ0v) is 9.64. The first-order chi connectivity index (χ1) is 8.33. The maximum absolute atomic E-state index is 8.97. The van der Waals surface area contributed by atoms with Crippen molar-refractivity contribution in [2.45, 2.75) is 13.3 Å². The van der Waals surface area contributed by atoms with Crippen molar-refractivity contribution >= 4 is 11.5 Å². The molecule has 0 amide bonds. The molecule has 1 aromatic heterocycles. The van der Waals surface area contributed by atoms with Crippen molar-refractivity contribution < 1.29 is 0 Å². The van der Waals surface area contributed by atoms with Crippen LogP contribution in [0, 0.1) is 11.3 Å². The van der Waals surface area contributed by atoms with Crippen molar-refractivity contribution in [1.82, 2.24) is 4.98 Å². The van der Waals surface area contributed by atoms with E-state index in [1.54, 1.807) is 18.3 Å². The van der Waals surface area contributed by atoms with Crippen LogP contribution in [0.1, 0.15) is 18.1 Å². The summed E-state index contributed by atoms with van der Waals surface area (Å²) in [7, 11) is 0. The molecule has 0 saturated carbocycles. The van der Waals surface area contributed by atoms with E-state index < -0.39 is 0 Å². The van der Waals surface area contributed by atoms with Gasteiger partial charge in [0.1, 0.15) is 11.9 Å². The second kappa shape index (κ2) is 5.13. The molecule has 0 saturated heterocycles. The van der Waals surface area contributed by atoms with E-state index in [0.29, 0.717) is 11.4 Å². The standard InChI is InChI=1S/C14H13N3/c1-2-11-5-3-7-13(9-11)17-14-12(10-15)6-4-8-16-14/h3-9H,2H2,1H3,(H,16,17). The summed E-state index contributed by atoms with van der Waals surface area (Å²) in [6.07, 6.45) is 2.66. The molecule has 84 valence electrons. The summed E-state index contributed by atoms with van der Waals surface area (Å²) in [6, 6.07) is 13.7. The highest BCUT2D eigenvalue weighted by molar-refractivity contribution is 5.62. The Kier molecular flexibility index (Phi) is 3.37. The largest absolute Gasteiger partial charge is 0.339 e. The average Bonchev–Trinajstić information content (AvgIpc) is 2.39. The van der Waals surface area contributed by atoms with Gasteiger partial charge in [0.05, 0.1) is 5.56 Å². The smallest absolute Gasteiger partial charge is 0.148 e. The fourth-order valence-electron chi connectivity index (χ4n) is 1.60. The number of nitrogens with one attached hydrogen (secondary N) is 1. The molecule has 0 spiro atoms. The number of aromatic nitrogens is 1. The maximum atomic E-state index is 8.97. The van der Waals surface area contributed by atoms with Crippen LogP contribution in [0.5, 0.6) is 0 Å². The average molecular weight is 223 g/mol. The van der Waals surface area contributed by atoms with E-state index in [1.807, 2.05) is 12.1 Å². The summed E-state index contributed by atoms with van der Waals surface area (Å²) >= 11 is 0. The van der Waals surface area contributed by atoms with E-state index in [-0.39, 0.29) is 0 Å². The summed E-state index contributed by atoms with van der Waals surface area (Å²) in [6.45, 7) is 2.11. The molecule has 3 heteroatoms. The van der Waals surface area contributed by atoms with Crippen molar-refractivity contribution in [2.75, 3.05) is 5.32 Å². The lowest BCUT2D eigenvalue weighted by atomic mass is 10.1. The summed E-state index contributed by atoms with van der Waals surface area (Å²) in [5.74, 6) is 0.600. The van der Waals surface area contributed by atoms with Crippen LogP contribution < -0.4 is 5.32 Å². The molecule has 0 atom stereocenters. The van der Waals surface area contributed by atoms with Gasteiger partial charge in [0.2, 0.25) is 0 Å². The molecule has 2 rings (SSSR count). The predicted molar refractivity (Wildman–Crippen MR) is 68.1 cm³/mol. The van der Waals surface area contributed by atoms with Crippen LogP contribution in [0.15, 0.2) is 42.6 Å². The van der Waals surface area contributed by atoms with Gasteiger partial charge in [0.25, 0.3) is 0 Å². The van der Waals surface area contributed by atoms with Crippen molar-refractivity contribution in [3.63, 3.8) is 0 Å². The van der Waals surface area contributed by atoms with Gasteiger partial charge in [-0.05, 0) is 36.2 Å². The van der Waals surface area contributed by atoms with E-state index in [9.17, 15) is 0 Å². The van der Waals surface area contributed by atoms with E-state index >= 15 is 0 Å². The molecule has 1 heterocycles. The van der Waals surface area contributed by atoms with Crippen molar-refractivity contribution in [1.29, 1.82) is 5.26 Å². The summed E-state index contributed by atoms with van der Waals surface area (Å²) < 4.78 is 0. The Morgan fingerprint density at radius 2 is 2.18 bits per heavy atom. The normalized spacial score (nSPS) is 9.65. The first-order valence-corrected chi connectivity index (χ1v) is 5.54. The van der Waals surface area contributed by atoms with Gasteiger partial charge in [-0.3, -0.25) is 0 Å². The van der Waals surface area contributed by atoms with Crippen LogP contribution >= 0.6 is 0 Å². The van der Waals surface area contributed by atoms with Crippen LogP contribution in [0.3, 0.4) is 0 Å². The molecular formula is C14H13N3. The second-order valence-corrected chi connectivity index (χ2v) is 3.69. The predicted octanol–water partition coefficient (Wildman–Crippen LogP) is 3.26. The monoisotopic (exact) mass is 223 g/mol. The van der Waals surface area contributed by atoms with Crippen LogP contribution in [0.4, 0.5) is 11.5 Å². The van der Waals surface area contributed by atoms with Crippen LogP contribution in [-0.2, 0) is 6.42 Å². The molecule has 0 aliphatic rings. The van der Waals surface area contributed by atoms with Gasteiger partial charge in [-0.2, -0.15) is 5.26 Å². The first-order valence-electron chi connectivity index (χ1n) is 5.54. The quantitative estimate of drug-likeness (QED) is 0.868. The Balaban J connectivity index is 2.28. The summed E-state index contributed by atoms with van der Waals surface area (Å²) in [4.78, 5) is 4.17. The Hall–Kier alpha value is -2.34. The number of nitrogens with zero attached hydrogens (tertiary/aromatic N) is 2. The third kappa shape index (κ3) is 2.61. The number of pyridine rings is 1. The molecule has 0 fully saturated rings. The van der Waals surface area contributed by atoms with E-state index in [0.717, 1.165) is 12.1 Å². The van der Waals surface area contributed by atoms with Crippen LogP contribution in [0.2, 0.25) is 0 Å². The number of rotatable bonds is 3. The Morgan fingerprint density at radius 1 is 1.29 bits per heavy atom. The summed E-state index contributed by atoms with van der Waals surface area (Å²) in [5.41, 5.74) is 2.76. The van der Waals surface area contributed by atoms with Crippen LogP contribution in [0.25, 0.3) is 0 Å². The van der Waals surface area contributed by atoms with Gasteiger partial charge < -0.3 is 5.32 Å². The summed E-state index contributed by atoms with van der Waals surface area (Å²) in [5, 5.41) is 12.1. The molecule has 0 aliphatic carbocycles. The number of aryl methyl sites for hydroxylation is 1. The topological polar surface area (TPSA) is 48.7 Å². The maximum Gasteiger partial charge on any atom is 0.148 e. The lowest BCUT2D eigenvalue weighted by Crippen LogP contribution is -1.96. The molecule has 0 radical (unpaired) electrons. The minimum absolute atomic E-state index is 0.550. The minimum Gasteiger partial charge on any atom is -0.339 e. The first kappa shape index (κ1) is 11.2. The zero-order chi connectivity index (χ0) is 12.1. The lowest BCUT2D eigenvalue weighted by molar-refractivity contribution is 1.14. The number of hydrogen-bond acceptors (Lipinski definition) is 3. The lowest BCUT2D eigenvalue weighted by Gasteiger charge is -2.07. The molecule has 0 unspecified atom stereocenters. The SMILES string of the molecule is CCc1cccc(Nc2ncccc2C#N)c1. The number of hydrogen-bond donors (Lipinski definition) is 1. The van der Waals surface area contributed by atoms with E-state index in [1.165, 1.54) is 5.56 Å². The van der Waals surface area contributed by atoms with Gasteiger partial charge in [0.15, 0.2) is 0 Å². The van der Waals surface area contributed by atoms with Gasteiger partial charge >= 0.3 is 0 Å². The Labute approximate surface area is 101 Å². The van der Waals surface area contributed by atoms with Crippen molar-refractivity contribution in [3.05, 3.63) is 53.7 Å². The number of nitriles is 1. The number of benzene rings is 1. The third-order valence-corrected chi connectivity index (χ3v) is 2.53. The molecule has 0 aliphatic heterocycles. The highest BCUT2D eigenvalue weighted by Gasteiger charge is 2.02. The fraction of sp³-hybridized carbons (Fsp3) is 0.143. The zero-order valence-electron chi connectivity index (χ0n) is 9.64. The Bertz CT molecular complexity index is 555. The van der Waals surface area contributed by atoms with E-state index in [4.69, 9.17) is 5.26 Å². The fourth-order valence-corrected chi connectivity index (χ4v) is 1.60. The molecular weight excluding hydrogens is 210 g/mol.